The Morgan fingerprint density at radius 1 is 1.44 bits per heavy atom. The lowest BCUT2D eigenvalue weighted by Gasteiger charge is -2.23. The van der Waals surface area contributed by atoms with Crippen molar-refractivity contribution in [1.29, 1.82) is 0 Å². The zero-order valence-electron chi connectivity index (χ0n) is 9.65. The SMILES string of the molecule is COC(=O)C1CCC(=O)N1c1ccc(Cl)cc1Cl. The van der Waals surface area contributed by atoms with Gasteiger partial charge in [-0.05, 0) is 24.6 Å². The molecule has 0 saturated carbocycles. The summed E-state index contributed by atoms with van der Waals surface area (Å²) in [5.41, 5.74) is 0.485. The van der Waals surface area contributed by atoms with Gasteiger partial charge in [0.15, 0.2) is 0 Å². The summed E-state index contributed by atoms with van der Waals surface area (Å²) < 4.78 is 4.70. The second-order valence-corrected chi connectivity index (χ2v) is 4.78. The van der Waals surface area contributed by atoms with E-state index in [0.717, 1.165) is 0 Å². The van der Waals surface area contributed by atoms with E-state index in [0.29, 0.717) is 28.6 Å². The first-order valence-electron chi connectivity index (χ1n) is 5.39. The van der Waals surface area contributed by atoms with Gasteiger partial charge in [-0.2, -0.15) is 0 Å². The van der Waals surface area contributed by atoms with E-state index in [-0.39, 0.29) is 5.91 Å². The number of ether oxygens (including phenoxy) is 1. The Bertz CT molecular complexity index is 504. The Morgan fingerprint density at radius 3 is 2.78 bits per heavy atom. The number of esters is 1. The number of carbonyl (C=O) groups excluding carboxylic acids is 2. The van der Waals surface area contributed by atoms with E-state index in [1.54, 1.807) is 18.2 Å². The number of hydrogen-bond acceptors (Lipinski definition) is 3. The van der Waals surface area contributed by atoms with E-state index < -0.39 is 12.0 Å². The van der Waals surface area contributed by atoms with Crippen LogP contribution in [0.5, 0.6) is 0 Å². The Balaban J connectivity index is 2.39. The van der Waals surface area contributed by atoms with Crippen molar-refractivity contribution in [2.24, 2.45) is 0 Å². The van der Waals surface area contributed by atoms with Gasteiger partial charge in [-0.15, -0.1) is 0 Å². The lowest BCUT2D eigenvalue weighted by molar-refractivity contribution is -0.142. The quantitative estimate of drug-likeness (QED) is 0.786. The maximum Gasteiger partial charge on any atom is 0.328 e. The van der Waals surface area contributed by atoms with Crippen LogP contribution in [0.15, 0.2) is 18.2 Å². The van der Waals surface area contributed by atoms with E-state index in [4.69, 9.17) is 27.9 Å². The van der Waals surface area contributed by atoms with Gasteiger partial charge in [0.05, 0.1) is 17.8 Å². The molecule has 1 fully saturated rings. The molecular formula is C12H11Cl2NO3. The predicted molar refractivity (Wildman–Crippen MR) is 69.0 cm³/mol. The van der Waals surface area contributed by atoms with Gasteiger partial charge in [-0.25, -0.2) is 4.79 Å². The Labute approximate surface area is 114 Å². The number of rotatable bonds is 2. The van der Waals surface area contributed by atoms with Crippen LogP contribution in [0.3, 0.4) is 0 Å². The largest absolute Gasteiger partial charge is 0.467 e. The zero-order valence-corrected chi connectivity index (χ0v) is 11.2. The fourth-order valence-electron chi connectivity index (χ4n) is 2.02. The van der Waals surface area contributed by atoms with Gasteiger partial charge in [-0.3, -0.25) is 9.69 Å². The predicted octanol–water partition coefficient (Wildman–Crippen LogP) is 2.66. The number of carbonyl (C=O) groups is 2. The van der Waals surface area contributed by atoms with E-state index in [1.165, 1.54) is 12.0 Å². The molecule has 18 heavy (non-hydrogen) atoms. The van der Waals surface area contributed by atoms with Crippen molar-refractivity contribution in [3.8, 4) is 0 Å². The fourth-order valence-corrected chi connectivity index (χ4v) is 2.52. The Kier molecular flexibility index (Phi) is 3.78. The molecule has 6 heteroatoms. The number of methoxy groups -OCH3 is 1. The maximum atomic E-state index is 11.9. The second kappa shape index (κ2) is 5.16. The lowest BCUT2D eigenvalue weighted by Crippen LogP contribution is -2.39. The van der Waals surface area contributed by atoms with E-state index in [1.807, 2.05) is 0 Å². The van der Waals surface area contributed by atoms with Crippen molar-refractivity contribution in [2.45, 2.75) is 18.9 Å². The van der Waals surface area contributed by atoms with Crippen molar-refractivity contribution in [1.82, 2.24) is 0 Å². The molecule has 96 valence electrons. The minimum Gasteiger partial charge on any atom is -0.467 e. The molecular weight excluding hydrogens is 277 g/mol. The molecule has 0 bridgehead atoms. The summed E-state index contributed by atoms with van der Waals surface area (Å²) in [5, 5.41) is 0.816. The Morgan fingerprint density at radius 2 is 2.17 bits per heavy atom. The maximum absolute atomic E-state index is 11.9. The summed E-state index contributed by atoms with van der Waals surface area (Å²) in [4.78, 5) is 24.9. The smallest absolute Gasteiger partial charge is 0.328 e. The normalized spacial score (nSPS) is 19.2. The molecule has 4 nitrogen and oxygen atoms in total. The summed E-state index contributed by atoms with van der Waals surface area (Å²) in [5.74, 6) is -0.582. The van der Waals surface area contributed by atoms with Gasteiger partial charge in [-0.1, -0.05) is 23.2 Å². The average molecular weight is 288 g/mol. The van der Waals surface area contributed by atoms with Crippen molar-refractivity contribution in [3.63, 3.8) is 0 Å². The van der Waals surface area contributed by atoms with Gasteiger partial charge < -0.3 is 4.74 Å². The molecule has 1 aliphatic heterocycles. The molecule has 0 N–H and O–H groups in total. The van der Waals surface area contributed by atoms with Gasteiger partial charge in [0.25, 0.3) is 0 Å². The van der Waals surface area contributed by atoms with Crippen LogP contribution in [0.2, 0.25) is 10.0 Å². The van der Waals surface area contributed by atoms with E-state index >= 15 is 0 Å². The van der Waals surface area contributed by atoms with Crippen LogP contribution in [-0.2, 0) is 14.3 Å². The highest BCUT2D eigenvalue weighted by atomic mass is 35.5. The summed E-state index contributed by atoms with van der Waals surface area (Å²) in [6.07, 6.45) is 0.739. The summed E-state index contributed by atoms with van der Waals surface area (Å²) in [6, 6.07) is 4.19. The molecule has 1 atom stereocenters. The molecule has 2 rings (SSSR count). The first-order valence-corrected chi connectivity index (χ1v) is 6.15. The highest BCUT2D eigenvalue weighted by Gasteiger charge is 2.38. The molecule has 1 saturated heterocycles. The third kappa shape index (κ3) is 2.31. The van der Waals surface area contributed by atoms with Crippen molar-refractivity contribution in [2.75, 3.05) is 12.0 Å². The molecule has 1 aromatic carbocycles. The van der Waals surface area contributed by atoms with Crippen LogP contribution in [0.4, 0.5) is 5.69 Å². The van der Waals surface area contributed by atoms with Crippen molar-refractivity contribution >= 4 is 40.8 Å². The van der Waals surface area contributed by atoms with Gasteiger partial charge in [0.2, 0.25) is 5.91 Å². The first-order chi connectivity index (χ1) is 8.54. The topological polar surface area (TPSA) is 46.6 Å². The van der Waals surface area contributed by atoms with Crippen molar-refractivity contribution < 1.29 is 14.3 Å². The molecule has 1 unspecified atom stereocenters. The number of benzene rings is 1. The van der Waals surface area contributed by atoms with Crippen LogP contribution in [0.25, 0.3) is 0 Å². The molecule has 0 aromatic heterocycles. The van der Waals surface area contributed by atoms with Crippen LogP contribution >= 0.6 is 23.2 Å². The minimum absolute atomic E-state index is 0.144. The monoisotopic (exact) mass is 287 g/mol. The van der Waals surface area contributed by atoms with Crippen LogP contribution in [-0.4, -0.2) is 25.0 Å². The Hall–Kier alpha value is -1.26. The third-order valence-corrected chi connectivity index (χ3v) is 3.39. The highest BCUT2D eigenvalue weighted by Crippen LogP contribution is 2.34. The summed E-state index contributed by atoms with van der Waals surface area (Å²) in [6.45, 7) is 0. The highest BCUT2D eigenvalue weighted by molar-refractivity contribution is 6.37. The number of anilines is 1. The zero-order chi connectivity index (χ0) is 13.3. The van der Waals surface area contributed by atoms with Gasteiger partial charge >= 0.3 is 5.97 Å². The lowest BCUT2D eigenvalue weighted by atomic mass is 10.2. The van der Waals surface area contributed by atoms with E-state index in [9.17, 15) is 9.59 Å². The number of amides is 1. The average Bonchev–Trinajstić information content (AvgIpc) is 2.70. The fraction of sp³-hybridized carbons (Fsp3) is 0.333. The van der Waals surface area contributed by atoms with Gasteiger partial charge in [0, 0.05) is 11.4 Å². The molecule has 0 aliphatic carbocycles. The van der Waals surface area contributed by atoms with E-state index in [2.05, 4.69) is 0 Å². The van der Waals surface area contributed by atoms with Crippen LogP contribution < -0.4 is 4.90 Å². The molecule has 1 heterocycles. The number of nitrogens with zero attached hydrogens (tertiary/aromatic N) is 1. The first kappa shape index (κ1) is 13.2. The molecule has 1 aliphatic rings. The number of halogens is 2. The molecule has 1 aromatic rings. The van der Waals surface area contributed by atoms with Gasteiger partial charge in [0.1, 0.15) is 6.04 Å². The van der Waals surface area contributed by atoms with Crippen molar-refractivity contribution in [3.05, 3.63) is 28.2 Å². The minimum atomic E-state index is -0.610. The van der Waals surface area contributed by atoms with Crippen LogP contribution in [0, 0.1) is 0 Å². The standard InChI is InChI=1S/C12H11Cl2NO3/c1-18-12(17)10-4-5-11(16)15(10)9-3-2-7(13)6-8(9)14/h2-3,6,10H,4-5H2,1H3. The number of hydrogen-bond donors (Lipinski definition) is 0. The summed E-state index contributed by atoms with van der Waals surface area (Å²) >= 11 is 11.9. The third-order valence-electron chi connectivity index (χ3n) is 2.85. The second-order valence-electron chi connectivity index (χ2n) is 3.94. The molecule has 1 amide bonds. The molecule has 0 spiro atoms. The molecule has 0 radical (unpaired) electrons. The van der Waals surface area contributed by atoms with Crippen LogP contribution in [0.1, 0.15) is 12.8 Å². The summed E-state index contributed by atoms with van der Waals surface area (Å²) in [7, 11) is 1.30.